The Morgan fingerprint density at radius 1 is 1.04 bits per heavy atom. The van der Waals surface area contributed by atoms with Gasteiger partial charge in [0.2, 0.25) is 5.91 Å². The zero-order valence-corrected chi connectivity index (χ0v) is 14.9. The topological polar surface area (TPSA) is 23.6 Å². The number of rotatable bonds is 3. The number of benzene rings is 2. The second-order valence-electron chi connectivity index (χ2n) is 5.95. The van der Waals surface area contributed by atoms with Crippen molar-refractivity contribution in [1.82, 2.24) is 4.90 Å². The highest BCUT2D eigenvalue weighted by Crippen LogP contribution is 2.21. The van der Waals surface area contributed by atoms with Gasteiger partial charge in [0.1, 0.15) is 0 Å². The normalized spacial score (nSPS) is 14.9. The molecule has 4 heteroatoms. The maximum atomic E-state index is 12.5. The molecule has 0 aromatic heterocycles. The SMILES string of the molecule is Cc1ccccc1CC(=O)N1CCN(c2cccc(Br)c2)CC1. The summed E-state index contributed by atoms with van der Waals surface area (Å²) in [5, 5.41) is 0. The fourth-order valence-electron chi connectivity index (χ4n) is 2.97. The number of halogens is 1. The summed E-state index contributed by atoms with van der Waals surface area (Å²) in [4.78, 5) is 16.8. The van der Waals surface area contributed by atoms with Gasteiger partial charge in [-0.05, 0) is 36.2 Å². The van der Waals surface area contributed by atoms with Crippen molar-refractivity contribution < 1.29 is 4.79 Å². The van der Waals surface area contributed by atoms with Crippen molar-refractivity contribution in [3.8, 4) is 0 Å². The number of piperazine rings is 1. The van der Waals surface area contributed by atoms with Gasteiger partial charge in [-0.15, -0.1) is 0 Å². The van der Waals surface area contributed by atoms with Gasteiger partial charge < -0.3 is 9.80 Å². The zero-order valence-electron chi connectivity index (χ0n) is 13.3. The lowest BCUT2D eigenvalue weighted by molar-refractivity contribution is -0.130. The van der Waals surface area contributed by atoms with Crippen LogP contribution in [-0.4, -0.2) is 37.0 Å². The van der Waals surface area contributed by atoms with E-state index in [1.807, 2.05) is 29.2 Å². The maximum Gasteiger partial charge on any atom is 0.227 e. The van der Waals surface area contributed by atoms with Crippen LogP contribution in [0.25, 0.3) is 0 Å². The van der Waals surface area contributed by atoms with E-state index in [0.717, 1.165) is 36.2 Å². The summed E-state index contributed by atoms with van der Waals surface area (Å²) >= 11 is 3.52. The van der Waals surface area contributed by atoms with Crippen LogP contribution in [0.15, 0.2) is 53.0 Å². The minimum Gasteiger partial charge on any atom is -0.368 e. The summed E-state index contributed by atoms with van der Waals surface area (Å²) in [6.45, 7) is 5.41. The van der Waals surface area contributed by atoms with Gasteiger partial charge in [-0.2, -0.15) is 0 Å². The Labute approximate surface area is 146 Å². The molecule has 1 amide bonds. The Morgan fingerprint density at radius 3 is 2.48 bits per heavy atom. The first-order valence-corrected chi connectivity index (χ1v) is 8.75. The molecular formula is C19H21BrN2O. The molecule has 2 aromatic carbocycles. The molecule has 3 nitrogen and oxygen atoms in total. The van der Waals surface area contributed by atoms with Gasteiger partial charge in [0, 0.05) is 36.3 Å². The average molecular weight is 373 g/mol. The van der Waals surface area contributed by atoms with Crippen molar-refractivity contribution in [2.75, 3.05) is 31.1 Å². The Kier molecular flexibility index (Phi) is 5.01. The van der Waals surface area contributed by atoms with E-state index in [9.17, 15) is 4.79 Å². The Bertz CT molecular complexity index is 693. The number of carbonyl (C=O) groups is 1. The predicted molar refractivity (Wildman–Crippen MR) is 97.8 cm³/mol. The fraction of sp³-hybridized carbons (Fsp3) is 0.316. The van der Waals surface area contributed by atoms with Crippen molar-refractivity contribution in [3.63, 3.8) is 0 Å². The van der Waals surface area contributed by atoms with E-state index in [1.54, 1.807) is 0 Å². The van der Waals surface area contributed by atoms with Crippen molar-refractivity contribution >= 4 is 27.5 Å². The Balaban J connectivity index is 1.58. The van der Waals surface area contributed by atoms with Gasteiger partial charge >= 0.3 is 0 Å². The molecule has 3 rings (SSSR count). The molecule has 1 aliphatic rings. The molecule has 0 atom stereocenters. The molecule has 120 valence electrons. The molecule has 23 heavy (non-hydrogen) atoms. The highest BCUT2D eigenvalue weighted by atomic mass is 79.9. The van der Waals surface area contributed by atoms with Crippen LogP contribution in [0.3, 0.4) is 0 Å². The molecule has 0 N–H and O–H groups in total. The lowest BCUT2D eigenvalue weighted by Crippen LogP contribution is -2.49. The standard InChI is InChI=1S/C19H21BrN2O/c1-15-5-2-3-6-16(15)13-19(23)22-11-9-21(10-12-22)18-8-4-7-17(20)14-18/h2-8,14H,9-13H2,1H3. The maximum absolute atomic E-state index is 12.5. The lowest BCUT2D eigenvalue weighted by Gasteiger charge is -2.36. The van der Waals surface area contributed by atoms with Crippen LogP contribution >= 0.6 is 15.9 Å². The minimum absolute atomic E-state index is 0.230. The summed E-state index contributed by atoms with van der Waals surface area (Å²) in [7, 11) is 0. The van der Waals surface area contributed by atoms with E-state index in [0.29, 0.717) is 6.42 Å². The van der Waals surface area contributed by atoms with Gasteiger partial charge in [-0.3, -0.25) is 4.79 Å². The Hall–Kier alpha value is -1.81. The molecule has 1 heterocycles. The molecule has 0 aliphatic carbocycles. The van der Waals surface area contributed by atoms with E-state index in [4.69, 9.17) is 0 Å². The van der Waals surface area contributed by atoms with Crippen LogP contribution in [0.4, 0.5) is 5.69 Å². The van der Waals surface area contributed by atoms with Gasteiger partial charge in [-0.1, -0.05) is 46.3 Å². The smallest absolute Gasteiger partial charge is 0.227 e. The van der Waals surface area contributed by atoms with Crippen molar-refractivity contribution in [2.24, 2.45) is 0 Å². The summed E-state index contributed by atoms with van der Waals surface area (Å²) < 4.78 is 1.09. The first-order valence-electron chi connectivity index (χ1n) is 7.96. The second kappa shape index (κ2) is 7.18. The third kappa shape index (κ3) is 3.94. The highest BCUT2D eigenvalue weighted by molar-refractivity contribution is 9.10. The van der Waals surface area contributed by atoms with E-state index < -0.39 is 0 Å². The number of carbonyl (C=O) groups excluding carboxylic acids is 1. The molecule has 0 saturated carbocycles. The number of aryl methyl sites for hydroxylation is 1. The van der Waals surface area contributed by atoms with Gasteiger partial charge in [-0.25, -0.2) is 0 Å². The molecule has 0 spiro atoms. The number of nitrogens with zero attached hydrogens (tertiary/aromatic N) is 2. The molecule has 1 aliphatic heterocycles. The minimum atomic E-state index is 0.230. The molecule has 0 unspecified atom stereocenters. The highest BCUT2D eigenvalue weighted by Gasteiger charge is 2.21. The van der Waals surface area contributed by atoms with Crippen molar-refractivity contribution in [3.05, 3.63) is 64.1 Å². The quantitative estimate of drug-likeness (QED) is 0.820. The molecule has 2 aromatic rings. The van der Waals surface area contributed by atoms with E-state index >= 15 is 0 Å². The second-order valence-corrected chi connectivity index (χ2v) is 6.87. The monoisotopic (exact) mass is 372 g/mol. The number of amides is 1. The third-order valence-electron chi connectivity index (χ3n) is 4.41. The van der Waals surface area contributed by atoms with E-state index in [1.165, 1.54) is 11.3 Å². The predicted octanol–water partition coefficient (Wildman–Crippen LogP) is 3.65. The molecule has 1 fully saturated rings. The van der Waals surface area contributed by atoms with Crippen LogP contribution in [0.2, 0.25) is 0 Å². The molecule has 1 saturated heterocycles. The average Bonchev–Trinajstić information content (AvgIpc) is 2.57. The largest absolute Gasteiger partial charge is 0.368 e. The van der Waals surface area contributed by atoms with Crippen molar-refractivity contribution in [2.45, 2.75) is 13.3 Å². The van der Waals surface area contributed by atoms with Gasteiger partial charge in [0.25, 0.3) is 0 Å². The van der Waals surface area contributed by atoms with Crippen LogP contribution in [0.1, 0.15) is 11.1 Å². The summed E-state index contributed by atoms with van der Waals surface area (Å²) in [6, 6.07) is 16.5. The van der Waals surface area contributed by atoms with Gasteiger partial charge in [0.05, 0.1) is 6.42 Å². The molecule has 0 bridgehead atoms. The third-order valence-corrected chi connectivity index (χ3v) is 4.90. The van der Waals surface area contributed by atoms with Gasteiger partial charge in [0.15, 0.2) is 0 Å². The summed E-state index contributed by atoms with van der Waals surface area (Å²) in [5.74, 6) is 0.230. The van der Waals surface area contributed by atoms with Crippen LogP contribution < -0.4 is 4.90 Å². The van der Waals surface area contributed by atoms with Crippen LogP contribution in [0, 0.1) is 6.92 Å². The fourth-order valence-corrected chi connectivity index (χ4v) is 3.36. The van der Waals surface area contributed by atoms with E-state index in [-0.39, 0.29) is 5.91 Å². The van der Waals surface area contributed by atoms with Crippen molar-refractivity contribution in [1.29, 1.82) is 0 Å². The summed E-state index contributed by atoms with van der Waals surface area (Å²) in [5.41, 5.74) is 3.53. The van der Waals surface area contributed by atoms with E-state index in [2.05, 4.69) is 52.0 Å². The number of anilines is 1. The Morgan fingerprint density at radius 2 is 1.78 bits per heavy atom. The first-order chi connectivity index (χ1) is 11.1. The van der Waals surface area contributed by atoms with Crippen LogP contribution in [0.5, 0.6) is 0 Å². The molecule has 0 radical (unpaired) electrons. The summed E-state index contributed by atoms with van der Waals surface area (Å²) in [6.07, 6.45) is 0.504. The number of hydrogen-bond acceptors (Lipinski definition) is 2. The zero-order chi connectivity index (χ0) is 16.2. The first kappa shape index (κ1) is 16.1. The lowest BCUT2D eigenvalue weighted by atomic mass is 10.1. The van der Waals surface area contributed by atoms with Crippen LogP contribution in [-0.2, 0) is 11.2 Å². The molecular weight excluding hydrogens is 352 g/mol. The number of hydrogen-bond donors (Lipinski definition) is 0.